The number of ether oxygens (including phenoxy) is 3. The van der Waals surface area contributed by atoms with Gasteiger partial charge in [0.25, 0.3) is 0 Å². The Labute approximate surface area is 625 Å². The number of hydrogen-bond donors (Lipinski definition) is 4. The molecule has 0 saturated carbocycles. The standard InChI is InChI=1S/C85H142O16P2/c1-4-7-10-13-16-19-22-25-28-30-31-32-33-34-35-36-37-38-39-40-41-42-43-44-45-46-47-49-52-53-56-59-62-65-68-71-83(88)95-74-80(86)75-97-102(91,92)98-76-81(87)77-99-103(93,94)100-79-82(101-85(90)73-70-67-64-61-58-55-50-27-24-21-18-15-12-9-6-3)78-96-84(89)72-69-66-63-60-57-54-51-48-29-26-23-20-17-14-11-8-5-2/h7-12,16-21,25-29,31-32,34-35,37-38,50-51,54,80-82,86-87H,4-6,13-15,22-24,30,33,36,39-49,52-53,55-79H2,1-3H3,(H,91,92)(H,93,94)/b10-7-,11-8-,12-9-,19-16-,20-17-,21-18-,28-25-,29-26-,32-31-,35-34-,38-37-,50-27-,54-51-. The van der Waals surface area contributed by atoms with Gasteiger partial charge in [-0.2, -0.15) is 0 Å². The molecular weight excluding hydrogens is 1340 g/mol. The molecule has 588 valence electrons. The summed E-state index contributed by atoms with van der Waals surface area (Å²) in [4.78, 5) is 58.6. The van der Waals surface area contributed by atoms with Crippen molar-refractivity contribution in [1.29, 1.82) is 0 Å². The topological polar surface area (TPSA) is 231 Å². The molecule has 0 heterocycles. The summed E-state index contributed by atoms with van der Waals surface area (Å²) in [5, 5.41) is 20.6. The van der Waals surface area contributed by atoms with Crippen LogP contribution in [0.3, 0.4) is 0 Å². The van der Waals surface area contributed by atoms with Crippen LogP contribution in [-0.4, -0.2) is 95.9 Å². The van der Waals surface area contributed by atoms with Crippen LogP contribution >= 0.6 is 15.6 Å². The molecule has 0 spiro atoms. The van der Waals surface area contributed by atoms with E-state index in [0.29, 0.717) is 19.3 Å². The monoisotopic (exact) mass is 1480 g/mol. The lowest BCUT2D eigenvalue weighted by molar-refractivity contribution is -0.161. The average Bonchev–Trinajstić information content (AvgIpc) is 0.915. The van der Waals surface area contributed by atoms with Crippen molar-refractivity contribution in [2.75, 3.05) is 39.6 Å². The number of aliphatic hydroxyl groups is 2. The minimum Gasteiger partial charge on any atom is -0.463 e. The van der Waals surface area contributed by atoms with Crippen LogP contribution in [0.5, 0.6) is 0 Å². The van der Waals surface area contributed by atoms with E-state index in [4.69, 9.17) is 32.3 Å². The number of unbranched alkanes of at least 4 members (excludes halogenated alkanes) is 25. The molecule has 0 aliphatic carbocycles. The molecule has 0 aliphatic heterocycles. The third kappa shape index (κ3) is 78.1. The van der Waals surface area contributed by atoms with E-state index in [-0.39, 0.29) is 19.3 Å². The summed E-state index contributed by atoms with van der Waals surface area (Å²) >= 11 is 0. The second kappa shape index (κ2) is 76.8. The zero-order chi connectivity index (χ0) is 75.2. The summed E-state index contributed by atoms with van der Waals surface area (Å²) in [6, 6.07) is 0. The van der Waals surface area contributed by atoms with Gasteiger partial charge in [-0.3, -0.25) is 32.5 Å². The number of esters is 3. The molecule has 5 atom stereocenters. The minimum absolute atomic E-state index is 0.0756. The second-order valence-electron chi connectivity index (χ2n) is 26.1. The highest BCUT2D eigenvalue weighted by Gasteiger charge is 2.29. The van der Waals surface area contributed by atoms with Crippen LogP contribution in [0.2, 0.25) is 0 Å². The van der Waals surface area contributed by atoms with E-state index in [1.807, 2.05) is 0 Å². The average molecular weight is 1480 g/mol. The number of hydrogen-bond acceptors (Lipinski definition) is 14. The Morgan fingerprint density at radius 2 is 0.485 bits per heavy atom. The van der Waals surface area contributed by atoms with Crippen molar-refractivity contribution in [2.24, 2.45) is 0 Å². The maximum atomic E-state index is 12.9. The van der Waals surface area contributed by atoms with Gasteiger partial charge in [-0.05, 0) is 141 Å². The molecule has 0 rings (SSSR count). The summed E-state index contributed by atoms with van der Waals surface area (Å²) in [6.07, 6.45) is 96.0. The van der Waals surface area contributed by atoms with Crippen LogP contribution < -0.4 is 0 Å². The molecule has 0 aromatic heterocycles. The fourth-order valence-electron chi connectivity index (χ4n) is 10.3. The van der Waals surface area contributed by atoms with Crippen LogP contribution in [0.1, 0.15) is 303 Å². The normalized spacial score (nSPS) is 14.8. The molecule has 0 aliphatic rings. The summed E-state index contributed by atoms with van der Waals surface area (Å²) in [7, 11) is -9.80. The van der Waals surface area contributed by atoms with Gasteiger partial charge in [-0.25, -0.2) is 9.13 Å². The van der Waals surface area contributed by atoms with Gasteiger partial charge in [-0.1, -0.05) is 301 Å². The molecule has 0 radical (unpaired) electrons. The Morgan fingerprint density at radius 3 is 0.767 bits per heavy atom. The van der Waals surface area contributed by atoms with Gasteiger partial charge in [0.05, 0.1) is 26.4 Å². The quantitative estimate of drug-likeness (QED) is 0.0146. The van der Waals surface area contributed by atoms with Crippen LogP contribution in [0.15, 0.2) is 158 Å². The Bertz CT molecular complexity index is 2500. The zero-order valence-corrected chi connectivity index (χ0v) is 66.0. The Kier molecular flexibility index (Phi) is 73.2. The summed E-state index contributed by atoms with van der Waals surface area (Å²) < 4.78 is 61.1. The van der Waals surface area contributed by atoms with E-state index in [1.165, 1.54) is 83.5 Å². The predicted molar refractivity (Wildman–Crippen MR) is 426 cm³/mol. The number of rotatable bonds is 74. The largest absolute Gasteiger partial charge is 0.472 e. The van der Waals surface area contributed by atoms with E-state index in [1.54, 1.807) is 0 Å². The Balaban J connectivity index is 4.42. The molecule has 0 aromatic carbocycles. The van der Waals surface area contributed by atoms with Gasteiger partial charge in [0, 0.05) is 19.3 Å². The fourth-order valence-corrected chi connectivity index (χ4v) is 11.9. The molecule has 103 heavy (non-hydrogen) atoms. The van der Waals surface area contributed by atoms with Crippen LogP contribution in [0.4, 0.5) is 0 Å². The van der Waals surface area contributed by atoms with E-state index in [2.05, 4.69) is 179 Å². The SMILES string of the molecule is CC/C=C\C/C=C\C/C=C\C/C=C\C/C=C\C/C=C\CCCCCCCCCCCCCCCCCCC(=O)OCC(O)COP(=O)(O)OCC(O)COP(=O)(O)OCC(COC(=O)CCCCCC/C=C\C/C=C\C/C=C\C/C=C\CC)OC(=O)CCCCCCC/C=C\C/C=C\C/C=C\CC. The van der Waals surface area contributed by atoms with E-state index in [0.717, 1.165) is 161 Å². The van der Waals surface area contributed by atoms with Crippen LogP contribution in [0.25, 0.3) is 0 Å². The number of phosphoric acid groups is 2. The first-order valence-electron chi connectivity index (χ1n) is 39.8. The summed E-state index contributed by atoms with van der Waals surface area (Å²) in [6.45, 7) is 2.28. The van der Waals surface area contributed by atoms with Gasteiger partial charge in [0.15, 0.2) is 6.10 Å². The molecule has 4 N–H and O–H groups in total. The molecular formula is C85H142O16P2. The minimum atomic E-state index is -4.94. The van der Waals surface area contributed by atoms with Gasteiger partial charge in [0.1, 0.15) is 25.4 Å². The lowest BCUT2D eigenvalue weighted by Gasteiger charge is -2.21. The highest BCUT2D eigenvalue weighted by molar-refractivity contribution is 7.47. The molecule has 0 bridgehead atoms. The van der Waals surface area contributed by atoms with Crippen molar-refractivity contribution in [3.63, 3.8) is 0 Å². The third-order valence-electron chi connectivity index (χ3n) is 16.2. The highest BCUT2D eigenvalue weighted by Crippen LogP contribution is 2.45. The van der Waals surface area contributed by atoms with E-state index < -0.39 is 91.5 Å². The maximum Gasteiger partial charge on any atom is 0.472 e. The van der Waals surface area contributed by atoms with Gasteiger partial charge >= 0.3 is 33.6 Å². The van der Waals surface area contributed by atoms with Crippen molar-refractivity contribution in [1.82, 2.24) is 0 Å². The number of allylic oxidation sites excluding steroid dienone is 26. The molecule has 0 amide bonds. The molecule has 5 unspecified atom stereocenters. The molecule has 0 fully saturated rings. The number of phosphoric ester groups is 2. The van der Waals surface area contributed by atoms with Crippen molar-refractivity contribution in [3.05, 3.63) is 158 Å². The first-order chi connectivity index (χ1) is 50.2. The molecule has 18 heteroatoms. The third-order valence-corrected chi connectivity index (χ3v) is 18.1. The maximum absolute atomic E-state index is 12.9. The molecule has 0 saturated heterocycles. The van der Waals surface area contributed by atoms with E-state index >= 15 is 0 Å². The Hall–Kier alpha value is -4.83. The zero-order valence-electron chi connectivity index (χ0n) is 64.2. The van der Waals surface area contributed by atoms with E-state index in [9.17, 15) is 43.5 Å². The van der Waals surface area contributed by atoms with Gasteiger partial charge < -0.3 is 34.2 Å². The van der Waals surface area contributed by atoms with Crippen LogP contribution in [0, 0.1) is 0 Å². The number of carbonyl (C=O) groups excluding carboxylic acids is 3. The molecule has 16 nitrogen and oxygen atoms in total. The predicted octanol–water partition coefficient (Wildman–Crippen LogP) is 23.4. The lowest BCUT2D eigenvalue weighted by Crippen LogP contribution is -2.30. The number of carbonyl (C=O) groups is 3. The smallest absolute Gasteiger partial charge is 0.463 e. The van der Waals surface area contributed by atoms with Crippen molar-refractivity contribution in [2.45, 2.75) is 322 Å². The second-order valence-corrected chi connectivity index (χ2v) is 29.0. The van der Waals surface area contributed by atoms with Crippen molar-refractivity contribution in [3.8, 4) is 0 Å². The van der Waals surface area contributed by atoms with Crippen LogP contribution in [-0.2, 0) is 55.8 Å². The summed E-state index contributed by atoms with van der Waals surface area (Å²) in [5.74, 6) is -1.63. The lowest BCUT2D eigenvalue weighted by atomic mass is 10.0. The van der Waals surface area contributed by atoms with Crippen molar-refractivity contribution < 1.29 is 75.8 Å². The fraction of sp³-hybridized carbons (Fsp3) is 0.659. The van der Waals surface area contributed by atoms with Crippen molar-refractivity contribution >= 4 is 33.6 Å². The summed E-state index contributed by atoms with van der Waals surface area (Å²) in [5.41, 5.74) is 0. The highest BCUT2D eigenvalue weighted by atomic mass is 31.2. The first-order valence-corrected chi connectivity index (χ1v) is 42.8. The van der Waals surface area contributed by atoms with Gasteiger partial charge in [0.2, 0.25) is 0 Å². The van der Waals surface area contributed by atoms with Gasteiger partial charge in [-0.15, -0.1) is 0 Å². The Morgan fingerprint density at radius 1 is 0.272 bits per heavy atom. The first kappa shape index (κ1) is 98.2. The number of aliphatic hydroxyl groups excluding tert-OH is 2. The molecule has 0 aromatic rings.